The van der Waals surface area contributed by atoms with Crippen LogP contribution < -0.4 is 0 Å². The Morgan fingerprint density at radius 2 is 1.85 bits per heavy atom. The molecule has 2 heterocycles. The predicted octanol–water partition coefficient (Wildman–Crippen LogP) is 4.41. The van der Waals surface area contributed by atoms with Gasteiger partial charge in [-0.25, -0.2) is 4.79 Å². The van der Waals surface area contributed by atoms with Crippen LogP contribution in [0.15, 0.2) is 45.2 Å². The number of hydrogen-bond acceptors (Lipinski definition) is 4. The summed E-state index contributed by atoms with van der Waals surface area (Å²) in [6.07, 6.45) is 1.42. The predicted molar refractivity (Wildman–Crippen MR) is 85.9 cm³/mol. The molecule has 5 heteroatoms. The number of benzene rings is 1. The average Bonchev–Trinajstić information content (AvgIpc) is 2.92. The Bertz CT molecular complexity index is 597. The van der Waals surface area contributed by atoms with E-state index in [2.05, 4.69) is 0 Å². The first-order valence-corrected chi connectivity index (χ1v) is 8.65. The molecule has 1 fully saturated rings. The van der Waals surface area contributed by atoms with Gasteiger partial charge in [0.2, 0.25) is 0 Å². The maximum Gasteiger partial charge on any atom is 0.342 e. The molecule has 2 nitrogen and oxygen atoms in total. The highest BCUT2D eigenvalue weighted by atomic mass is 35.5. The van der Waals surface area contributed by atoms with Crippen molar-refractivity contribution in [2.45, 2.75) is 13.0 Å². The van der Waals surface area contributed by atoms with Gasteiger partial charge in [0, 0.05) is 11.5 Å². The molecule has 1 aromatic rings. The van der Waals surface area contributed by atoms with Gasteiger partial charge >= 0.3 is 5.97 Å². The first kappa shape index (κ1) is 14.1. The van der Waals surface area contributed by atoms with Gasteiger partial charge in [-0.05, 0) is 18.6 Å². The summed E-state index contributed by atoms with van der Waals surface area (Å²) in [5, 5.41) is 0.503. The minimum atomic E-state index is -0.392. The molecule has 20 heavy (non-hydrogen) atoms. The molecule has 0 N–H and O–H groups in total. The molecule has 1 atom stereocenters. The third-order valence-corrected chi connectivity index (χ3v) is 6.16. The van der Waals surface area contributed by atoms with Crippen LogP contribution in [-0.2, 0) is 9.53 Å². The molecule has 1 aromatic carbocycles. The molecular weight excluding hydrogens is 312 g/mol. The van der Waals surface area contributed by atoms with Crippen LogP contribution in [0.5, 0.6) is 0 Å². The van der Waals surface area contributed by atoms with Crippen LogP contribution in [0.25, 0.3) is 0 Å². The highest BCUT2D eigenvalue weighted by molar-refractivity contribution is 8.25. The van der Waals surface area contributed by atoms with Crippen molar-refractivity contribution in [2.24, 2.45) is 0 Å². The van der Waals surface area contributed by atoms with Gasteiger partial charge < -0.3 is 4.74 Å². The number of thioether (sulfide) groups is 2. The second kappa shape index (κ2) is 5.88. The molecular formula is C15H13ClO2S2. The van der Waals surface area contributed by atoms with Crippen molar-refractivity contribution >= 4 is 41.1 Å². The van der Waals surface area contributed by atoms with Crippen LogP contribution in [0.3, 0.4) is 0 Å². The Labute approximate surface area is 131 Å². The Hall–Kier alpha value is -0.840. The molecule has 1 saturated heterocycles. The normalized spacial score (nSPS) is 22.8. The van der Waals surface area contributed by atoms with Gasteiger partial charge in [-0.15, -0.1) is 23.5 Å². The number of cyclic esters (lactones) is 1. The van der Waals surface area contributed by atoms with Crippen molar-refractivity contribution in [1.82, 2.24) is 0 Å². The van der Waals surface area contributed by atoms with Crippen LogP contribution in [-0.4, -0.2) is 17.5 Å². The number of aryl methyl sites for hydroxylation is 1. The van der Waals surface area contributed by atoms with Gasteiger partial charge in [-0.2, -0.15) is 0 Å². The van der Waals surface area contributed by atoms with E-state index in [1.165, 1.54) is 5.56 Å². The summed E-state index contributed by atoms with van der Waals surface area (Å²) in [6.45, 7) is 2.02. The lowest BCUT2D eigenvalue weighted by molar-refractivity contribution is -0.142. The molecule has 0 spiro atoms. The summed E-state index contributed by atoms with van der Waals surface area (Å²) in [7, 11) is 0. The Kier molecular flexibility index (Phi) is 4.15. The van der Waals surface area contributed by atoms with E-state index in [-0.39, 0.29) is 5.97 Å². The summed E-state index contributed by atoms with van der Waals surface area (Å²) in [5.74, 6) is 1.71. The van der Waals surface area contributed by atoms with Gasteiger partial charge in [-0.1, -0.05) is 41.4 Å². The zero-order chi connectivity index (χ0) is 14.1. The largest absolute Gasteiger partial charge is 0.449 e. The maximum absolute atomic E-state index is 12.2. The molecule has 0 amide bonds. The molecule has 1 unspecified atom stereocenters. The standard InChI is InChI=1S/C15H13ClO2S2/c1-9-2-4-10(5-3-9)12-8-11(16)13(14(17)18-12)15-19-6-7-20-15/h2-5,8,12H,6-7H2,1H3. The smallest absolute Gasteiger partial charge is 0.342 e. The zero-order valence-electron chi connectivity index (χ0n) is 10.9. The Balaban J connectivity index is 1.93. The zero-order valence-corrected chi connectivity index (χ0v) is 13.3. The van der Waals surface area contributed by atoms with Crippen molar-refractivity contribution in [2.75, 3.05) is 11.5 Å². The molecule has 0 bridgehead atoms. The van der Waals surface area contributed by atoms with Crippen molar-refractivity contribution in [3.63, 3.8) is 0 Å². The number of hydrogen-bond donors (Lipinski definition) is 0. The van der Waals surface area contributed by atoms with Gasteiger partial charge in [0.1, 0.15) is 6.10 Å². The summed E-state index contributed by atoms with van der Waals surface area (Å²) in [5.41, 5.74) is 2.65. The van der Waals surface area contributed by atoms with Crippen LogP contribution in [0.4, 0.5) is 0 Å². The fourth-order valence-corrected chi connectivity index (χ4v) is 5.02. The second-order valence-electron chi connectivity index (χ2n) is 4.61. The van der Waals surface area contributed by atoms with E-state index in [0.29, 0.717) is 10.6 Å². The minimum absolute atomic E-state index is 0.319. The minimum Gasteiger partial charge on any atom is -0.449 e. The van der Waals surface area contributed by atoms with Crippen molar-refractivity contribution in [3.05, 3.63) is 56.3 Å². The van der Waals surface area contributed by atoms with E-state index in [9.17, 15) is 4.79 Å². The van der Waals surface area contributed by atoms with Crippen LogP contribution in [0, 0.1) is 6.92 Å². The number of halogens is 1. The van der Waals surface area contributed by atoms with Gasteiger partial charge in [0.15, 0.2) is 0 Å². The average molecular weight is 325 g/mol. The summed E-state index contributed by atoms with van der Waals surface area (Å²) < 4.78 is 6.51. The number of ether oxygens (including phenoxy) is 1. The molecule has 0 radical (unpaired) electrons. The molecule has 0 aromatic heterocycles. The first-order chi connectivity index (χ1) is 9.65. The molecule has 3 rings (SSSR count). The molecule has 0 aliphatic carbocycles. The van der Waals surface area contributed by atoms with E-state index < -0.39 is 6.10 Å². The summed E-state index contributed by atoms with van der Waals surface area (Å²) in [4.78, 5) is 12.2. The SMILES string of the molecule is Cc1ccc(C2C=C(Cl)C(=C3SCCS3)C(=O)O2)cc1. The fraction of sp³-hybridized carbons (Fsp3) is 0.267. The summed E-state index contributed by atoms with van der Waals surface area (Å²) in [6, 6.07) is 7.93. The van der Waals surface area contributed by atoms with E-state index in [1.54, 1.807) is 23.5 Å². The first-order valence-electron chi connectivity index (χ1n) is 6.30. The maximum atomic E-state index is 12.2. The van der Waals surface area contributed by atoms with Gasteiger partial charge in [-0.3, -0.25) is 0 Å². The molecule has 2 aliphatic rings. The second-order valence-corrected chi connectivity index (χ2v) is 7.49. The van der Waals surface area contributed by atoms with E-state index >= 15 is 0 Å². The lowest BCUT2D eigenvalue weighted by atomic mass is 10.0. The van der Waals surface area contributed by atoms with Crippen LogP contribution >= 0.6 is 35.1 Å². The highest BCUT2D eigenvalue weighted by Gasteiger charge is 2.30. The van der Waals surface area contributed by atoms with E-state index in [1.807, 2.05) is 37.3 Å². The molecule has 2 aliphatic heterocycles. The number of rotatable bonds is 1. The van der Waals surface area contributed by atoms with Gasteiger partial charge in [0.25, 0.3) is 0 Å². The van der Waals surface area contributed by atoms with E-state index in [4.69, 9.17) is 16.3 Å². The third-order valence-electron chi connectivity index (χ3n) is 3.13. The lowest BCUT2D eigenvalue weighted by Gasteiger charge is -2.22. The van der Waals surface area contributed by atoms with Crippen molar-refractivity contribution < 1.29 is 9.53 Å². The quantitative estimate of drug-likeness (QED) is 0.564. The molecule has 104 valence electrons. The molecule has 0 saturated carbocycles. The van der Waals surface area contributed by atoms with Gasteiger partial charge in [0.05, 0.1) is 14.8 Å². The van der Waals surface area contributed by atoms with Crippen molar-refractivity contribution in [1.29, 1.82) is 0 Å². The Morgan fingerprint density at radius 1 is 1.20 bits per heavy atom. The monoisotopic (exact) mass is 324 g/mol. The van der Waals surface area contributed by atoms with Crippen LogP contribution in [0.2, 0.25) is 0 Å². The lowest BCUT2D eigenvalue weighted by Crippen LogP contribution is -2.18. The Morgan fingerprint density at radius 3 is 2.45 bits per heavy atom. The van der Waals surface area contributed by atoms with Crippen molar-refractivity contribution in [3.8, 4) is 0 Å². The fourth-order valence-electron chi connectivity index (χ4n) is 2.08. The third kappa shape index (κ3) is 2.78. The number of carbonyl (C=O) groups excluding carboxylic acids is 1. The topological polar surface area (TPSA) is 26.3 Å². The number of esters is 1. The van der Waals surface area contributed by atoms with Crippen LogP contribution in [0.1, 0.15) is 17.2 Å². The van der Waals surface area contributed by atoms with E-state index in [0.717, 1.165) is 21.3 Å². The number of carbonyl (C=O) groups is 1. The summed E-state index contributed by atoms with van der Waals surface area (Å²) >= 11 is 9.65. The highest BCUT2D eigenvalue weighted by Crippen LogP contribution is 2.44.